The van der Waals surface area contributed by atoms with Gasteiger partial charge in [-0.1, -0.05) is 28.7 Å². The van der Waals surface area contributed by atoms with Crippen molar-refractivity contribution in [2.45, 2.75) is 32.6 Å². The maximum atomic E-state index is 11.3. The van der Waals surface area contributed by atoms with E-state index in [1.54, 1.807) is 13.0 Å². The highest BCUT2D eigenvalue weighted by Gasteiger charge is 1.99. The molecule has 0 spiro atoms. The van der Waals surface area contributed by atoms with Crippen LogP contribution in [0.25, 0.3) is 0 Å². The highest BCUT2D eigenvalue weighted by molar-refractivity contribution is 14.1. The zero-order valence-electron chi connectivity index (χ0n) is 10.3. The summed E-state index contributed by atoms with van der Waals surface area (Å²) in [6.45, 7) is 3.02. The molecule has 2 amide bonds. The summed E-state index contributed by atoms with van der Waals surface area (Å²) in [4.78, 5) is 22.3. The van der Waals surface area contributed by atoms with Gasteiger partial charge in [-0.15, -0.1) is 0 Å². The Labute approximate surface area is 117 Å². The first kappa shape index (κ1) is 16.4. The van der Waals surface area contributed by atoms with Gasteiger partial charge in [-0.3, -0.25) is 9.59 Å². The molecule has 0 aromatic rings. The summed E-state index contributed by atoms with van der Waals surface area (Å²) in [6, 6.07) is 0. The maximum absolute atomic E-state index is 11.3. The summed E-state index contributed by atoms with van der Waals surface area (Å²) in [5.41, 5.74) is 0. The molecule has 0 fully saturated rings. The lowest BCUT2D eigenvalue weighted by molar-refractivity contribution is -0.121. The van der Waals surface area contributed by atoms with Crippen LogP contribution in [0.3, 0.4) is 0 Å². The van der Waals surface area contributed by atoms with Crippen molar-refractivity contribution in [3.05, 3.63) is 12.2 Å². The Hall–Kier alpha value is -0.590. The quantitative estimate of drug-likeness (QED) is 0.288. The van der Waals surface area contributed by atoms with Crippen LogP contribution in [0.2, 0.25) is 0 Å². The average molecular weight is 352 g/mol. The first-order chi connectivity index (χ1) is 8.20. The molecule has 5 heteroatoms. The highest BCUT2D eigenvalue weighted by Crippen LogP contribution is 1.98. The van der Waals surface area contributed by atoms with Crippen LogP contribution >= 0.6 is 22.6 Å². The molecule has 0 aliphatic carbocycles. The van der Waals surface area contributed by atoms with Crippen LogP contribution in [0.15, 0.2) is 12.2 Å². The van der Waals surface area contributed by atoms with E-state index in [9.17, 15) is 9.59 Å². The van der Waals surface area contributed by atoms with Gasteiger partial charge in [-0.25, -0.2) is 0 Å². The Morgan fingerprint density at radius 1 is 1.12 bits per heavy atom. The Bertz CT molecular complexity index is 255. The van der Waals surface area contributed by atoms with Crippen LogP contribution in [0.1, 0.15) is 32.6 Å². The maximum Gasteiger partial charge on any atom is 0.243 e. The molecule has 0 saturated carbocycles. The second-order valence-corrected chi connectivity index (χ2v) is 4.72. The molecule has 17 heavy (non-hydrogen) atoms. The largest absolute Gasteiger partial charge is 0.356 e. The molecule has 0 bridgehead atoms. The molecule has 0 heterocycles. The van der Waals surface area contributed by atoms with E-state index < -0.39 is 0 Å². The van der Waals surface area contributed by atoms with Gasteiger partial charge in [0, 0.05) is 19.5 Å². The molecular weight excluding hydrogens is 331 g/mol. The number of amides is 2. The SMILES string of the molecule is C/C=C/C(=O)NCCCNC(=O)CCCCI. The van der Waals surface area contributed by atoms with E-state index in [0.29, 0.717) is 19.5 Å². The van der Waals surface area contributed by atoms with Crippen molar-refractivity contribution in [3.63, 3.8) is 0 Å². The molecule has 0 atom stereocenters. The smallest absolute Gasteiger partial charge is 0.243 e. The number of hydrogen-bond acceptors (Lipinski definition) is 2. The lowest BCUT2D eigenvalue weighted by Gasteiger charge is -2.05. The summed E-state index contributed by atoms with van der Waals surface area (Å²) in [7, 11) is 0. The standard InChI is InChI=1S/C12H21IN2O2/c1-2-6-11(16)14-9-5-10-15-12(17)7-3-4-8-13/h2,6H,3-5,7-10H2,1H3,(H,14,16)(H,15,17)/b6-2+. The van der Waals surface area contributed by atoms with Gasteiger partial charge in [-0.2, -0.15) is 0 Å². The van der Waals surface area contributed by atoms with E-state index in [1.165, 1.54) is 6.08 Å². The average Bonchev–Trinajstić information content (AvgIpc) is 2.29. The minimum Gasteiger partial charge on any atom is -0.356 e. The first-order valence-corrected chi connectivity index (χ1v) is 7.46. The molecule has 98 valence electrons. The van der Waals surface area contributed by atoms with Crippen LogP contribution in [-0.2, 0) is 9.59 Å². The normalized spacial score (nSPS) is 10.5. The topological polar surface area (TPSA) is 58.2 Å². The molecular formula is C12H21IN2O2. The van der Waals surface area contributed by atoms with Crippen molar-refractivity contribution >= 4 is 34.4 Å². The summed E-state index contributed by atoms with van der Waals surface area (Å²) >= 11 is 2.31. The fourth-order valence-electron chi connectivity index (χ4n) is 1.21. The van der Waals surface area contributed by atoms with Crippen LogP contribution < -0.4 is 10.6 Å². The lowest BCUT2D eigenvalue weighted by atomic mass is 10.2. The fourth-order valence-corrected chi connectivity index (χ4v) is 1.75. The fraction of sp³-hybridized carbons (Fsp3) is 0.667. The Morgan fingerprint density at radius 3 is 2.47 bits per heavy atom. The molecule has 0 aromatic carbocycles. The molecule has 2 N–H and O–H groups in total. The number of halogens is 1. The number of nitrogens with one attached hydrogen (secondary N) is 2. The van der Waals surface area contributed by atoms with Crippen LogP contribution in [0, 0.1) is 0 Å². The number of carbonyl (C=O) groups is 2. The molecule has 0 unspecified atom stereocenters. The van der Waals surface area contributed by atoms with Crippen molar-refractivity contribution in [3.8, 4) is 0 Å². The van der Waals surface area contributed by atoms with Gasteiger partial charge in [0.1, 0.15) is 0 Å². The third-order valence-electron chi connectivity index (χ3n) is 2.08. The van der Waals surface area contributed by atoms with E-state index in [2.05, 4.69) is 33.2 Å². The number of alkyl halides is 1. The minimum atomic E-state index is -0.0825. The van der Waals surface area contributed by atoms with E-state index in [0.717, 1.165) is 23.7 Å². The molecule has 0 saturated heterocycles. The summed E-state index contributed by atoms with van der Waals surface area (Å²) < 4.78 is 1.10. The van der Waals surface area contributed by atoms with Crippen LogP contribution in [0.5, 0.6) is 0 Å². The molecule has 0 rings (SSSR count). The van der Waals surface area contributed by atoms with Gasteiger partial charge in [0.05, 0.1) is 0 Å². The Morgan fingerprint density at radius 2 is 1.82 bits per heavy atom. The molecule has 0 aliphatic rings. The van der Waals surface area contributed by atoms with E-state index in [1.807, 2.05) is 0 Å². The van der Waals surface area contributed by atoms with E-state index in [-0.39, 0.29) is 11.8 Å². The van der Waals surface area contributed by atoms with Crippen LogP contribution in [-0.4, -0.2) is 29.3 Å². The zero-order valence-corrected chi connectivity index (χ0v) is 12.5. The third-order valence-corrected chi connectivity index (χ3v) is 2.84. The van der Waals surface area contributed by atoms with Crippen LogP contribution in [0.4, 0.5) is 0 Å². The second kappa shape index (κ2) is 11.9. The molecule has 0 aromatic heterocycles. The van der Waals surface area contributed by atoms with Gasteiger partial charge in [0.25, 0.3) is 0 Å². The monoisotopic (exact) mass is 352 g/mol. The van der Waals surface area contributed by atoms with E-state index >= 15 is 0 Å². The lowest BCUT2D eigenvalue weighted by Crippen LogP contribution is -2.28. The first-order valence-electron chi connectivity index (χ1n) is 5.94. The molecule has 0 aliphatic heterocycles. The summed E-state index contributed by atoms with van der Waals surface area (Å²) in [6.07, 6.45) is 6.60. The molecule has 4 nitrogen and oxygen atoms in total. The predicted octanol–water partition coefficient (Wildman–Crippen LogP) is 1.79. The van der Waals surface area contributed by atoms with Crippen molar-refractivity contribution in [1.29, 1.82) is 0 Å². The predicted molar refractivity (Wildman–Crippen MR) is 78.2 cm³/mol. The number of hydrogen-bond donors (Lipinski definition) is 2. The number of rotatable bonds is 9. The molecule has 0 radical (unpaired) electrons. The second-order valence-electron chi connectivity index (χ2n) is 3.64. The minimum absolute atomic E-state index is 0.0825. The van der Waals surface area contributed by atoms with Gasteiger partial charge in [-0.05, 0) is 36.7 Å². The van der Waals surface area contributed by atoms with Gasteiger partial charge in [0.15, 0.2) is 0 Å². The van der Waals surface area contributed by atoms with Gasteiger partial charge in [0.2, 0.25) is 11.8 Å². The Balaban J connectivity index is 3.33. The number of unbranched alkanes of at least 4 members (excludes halogenated alkanes) is 1. The number of allylic oxidation sites excluding steroid dienone is 1. The highest BCUT2D eigenvalue weighted by atomic mass is 127. The van der Waals surface area contributed by atoms with Crippen molar-refractivity contribution in [1.82, 2.24) is 10.6 Å². The van der Waals surface area contributed by atoms with Gasteiger partial charge < -0.3 is 10.6 Å². The Kier molecular flexibility index (Phi) is 11.5. The summed E-state index contributed by atoms with van der Waals surface area (Å²) in [5, 5.41) is 5.57. The summed E-state index contributed by atoms with van der Waals surface area (Å²) in [5.74, 6) is 0.0236. The van der Waals surface area contributed by atoms with Gasteiger partial charge >= 0.3 is 0 Å². The third kappa shape index (κ3) is 11.7. The van der Waals surface area contributed by atoms with E-state index in [4.69, 9.17) is 0 Å². The van der Waals surface area contributed by atoms with Crippen molar-refractivity contribution in [2.24, 2.45) is 0 Å². The van der Waals surface area contributed by atoms with Crippen molar-refractivity contribution < 1.29 is 9.59 Å². The van der Waals surface area contributed by atoms with Crippen molar-refractivity contribution in [2.75, 3.05) is 17.5 Å². The number of carbonyl (C=O) groups excluding carboxylic acids is 2. The zero-order chi connectivity index (χ0) is 12.9.